The molecule has 1 atom stereocenters. The van der Waals surface area contributed by atoms with Gasteiger partial charge in [0.15, 0.2) is 5.76 Å². The van der Waals surface area contributed by atoms with Crippen molar-refractivity contribution in [2.75, 3.05) is 20.3 Å². The zero-order chi connectivity index (χ0) is 24.0. The highest BCUT2D eigenvalue weighted by molar-refractivity contribution is 6.01. The van der Waals surface area contributed by atoms with E-state index in [-0.39, 0.29) is 17.5 Å². The van der Waals surface area contributed by atoms with Crippen LogP contribution < -0.4 is 4.74 Å². The Morgan fingerprint density at radius 2 is 2.00 bits per heavy atom. The lowest BCUT2D eigenvalue weighted by molar-refractivity contribution is -0.100. The van der Waals surface area contributed by atoms with Gasteiger partial charge in [-0.1, -0.05) is 23.4 Å². The number of benzene rings is 2. The van der Waals surface area contributed by atoms with E-state index >= 15 is 0 Å². The highest BCUT2D eigenvalue weighted by atomic mass is 19.1. The van der Waals surface area contributed by atoms with Crippen LogP contribution in [0.15, 0.2) is 65.9 Å². The Morgan fingerprint density at radius 1 is 1.17 bits per heavy atom. The SMILES string of the molecule is COc1cc(C=C2OC3(CCC3)CN3C2=NOCC3c2ccc(F)cc2)ccc1-n1cnc(C)c1. The third-order valence-corrected chi connectivity index (χ3v) is 7.05. The molecule has 3 aliphatic rings. The molecule has 2 aliphatic heterocycles. The molecule has 1 aromatic heterocycles. The number of hydrogen-bond acceptors (Lipinski definition) is 6. The third-order valence-electron chi connectivity index (χ3n) is 7.05. The monoisotopic (exact) mass is 474 g/mol. The maximum Gasteiger partial charge on any atom is 0.211 e. The Kier molecular flexibility index (Phi) is 5.24. The van der Waals surface area contributed by atoms with Gasteiger partial charge in [-0.3, -0.25) is 0 Å². The van der Waals surface area contributed by atoms with E-state index in [4.69, 9.17) is 14.3 Å². The number of imidazole rings is 1. The van der Waals surface area contributed by atoms with E-state index in [0.29, 0.717) is 18.2 Å². The number of nitrogens with zero attached hydrogens (tertiary/aromatic N) is 4. The minimum atomic E-state index is -0.249. The molecule has 1 saturated carbocycles. The van der Waals surface area contributed by atoms with Crippen LogP contribution in [0.5, 0.6) is 5.75 Å². The minimum Gasteiger partial charge on any atom is -0.495 e. The highest BCUT2D eigenvalue weighted by Gasteiger charge is 2.49. The van der Waals surface area contributed by atoms with E-state index < -0.39 is 0 Å². The quantitative estimate of drug-likeness (QED) is 0.532. The third kappa shape index (κ3) is 3.92. The summed E-state index contributed by atoms with van der Waals surface area (Å²) >= 11 is 0. The number of hydrogen-bond donors (Lipinski definition) is 0. The lowest BCUT2D eigenvalue weighted by atomic mass is 9.78. The van der Waals surface area contributed by atoms with Crippen LogP contribution >= 0.6 is 0 Å². The molecule has 7 nitrogen and oxygen atoms in total. The first-order valence-corrected chi connectivity index (χ1v) is 11.9. The zero-order valence-electron chi connectivity index (χ0n) is 19.8. The predicted molar refractivity (Wildman–Crippen MR) is 130 cm³/mol. The number of oxime groups is 1. The van der Waals surface area contributed by atoms with Crippen molar-refractivity contribution in [1.82, 2.24) is 14.5 Å². The Morgan fingerprint density at radius 3 is 2.69 bits per heavy atom. The molecule has 3 heterocycles. The fourth-order valence-corrected chi connectivity index (χ4v) is 5.04. The van der Waals surface area contributed by atoms with Gasteiger partial charge in [-0.2, -0.15) is 0 Å². The van der Waals surface area contributed by atoms with Crippen LogP contribution in [0.4, 0.5) is 4.39 Å². The number of aromatic nitrogens is 2. The number of rotatable bonds is 4. The molecule has 0 N–H and O–H groups in total. The standard InChI is InChI=1S/C27H27FN4O3/c1-18-14-31(17-29-18)22-9-4-19(12-24(22)33-2)13-25-26-30-34-15-23(20-5-7-21(28)8-6-20)32(26)16-27(35-25)10-3-11-27/h4-9,12-14,17,23H,3,10-11,15-16H2,1-2H3. The van der Waals surface area contributed by atoms with E-state index in [1.807, 2.05) is 54.1 Å². The van der Waals surface area contributed by atoms with Gasteiger partial charge in [0.2, 0.25) is 5.84 Å². The summed E-state index contributed by atoms with van der Waals surface area (Å²) in [5, 5.41) is 4.39. The van der Waals surface area contributed by atoms with Gasteiger partial charge < -0.3 is 23.8 Å². The first kappa shape index (κ1) is 21.7. The molecule has 2 fully saturated rings. The zero-order valence-corrected chi connectivity index (χ0v) is 19.8. The molecular weight excluding hydrogens is 447 g/mol. The summed E-state index contributed by atoms with van der Waals surface area (Å²) in [7, 11) is 1.66. The predicted octanol–water partition coefficient (Wildman–Crippen LogP) is 5.01. The van der Waals surface area contributed by atoms with Crippen molar-refractivity contribution < 1.29 is 18.7 Å². The molecule has 180 valence electrons. The van der Waals surface area contributed by atoms with Gasteiger partial charge in [0.25, 0.3) is 0 Å². The first-order valence-electron chi connectivity index (χ1n) is 11.9. The van der Waals surface area contributed by atoms with Crippen LogP contribution in [0.2, 0.25) is 0 Å². The van der Waals surface area contributed by atoms with Gasteiger partial charge in [-0.25, -0.2) is 9.37 Å². The van der Waals surface area contributed by atoms with Gasteiger partial charge in [-0.05, 0) is 67.7 Å². The van der Waals surface area contributed by atoms with Crippen LogP contribution in [0, 0.1) is 12.7 Å². The average molecular weight is 475 g/mol. The molecule has 3 aromatic rings. The maximum atomic E-state index is 13.6. The number of methoxy groups -OCH3 is 1. The summed E-state index contributed by atoms with van der Waals surface area (Å²) in [6, 6.07) is 12.6. The molecule has 0 amide bonds. The van der Waals surface area contributed by atoms with E-state index in [1.165, 1.54) is 12.1 Å². The normalized spacial score (nSPS) is 21.6. The van der Waals surface area contributed by atoms with Crippen LogP contribution in [0.25, 0.3) is 11.8 Å². The lowest BCUT2D eigenvalue weighted by Crippen LogP contribution is -2.59. The van der Waals surface area contributed by atoms with E-state index in [2.05, 4.69) is 15.0 Å². The average Bonchev–Trinajstić information content (AvgIpc) is 3.29. The molecule has 6 rings (SSSR count). The number of morpholine rings is 1. The topological polar surface area (TPSA) is 61.1 Å². The Hall–Kier alpha value is -3.81. The van der Waals surface area contributed by atoms with Gasteiger partial charge in [0, 0.05) is 6.20 Å². The molecular formula is C27H27FN4O3. The van der Waals surface area contributed by atoms with Crippen molar-refractivity contribution in [1.29, 1.82) is 0 Å². The summed E-state index contributed by atoms with van der Waals surface area (Å²) in [6.07, 6.45) is 8.85. The highest BCUT2D eigenvalue weighted by Crippen LogP contribution is 2.45. The molecule has 8 heteroatoms. The molecule has 1 unspecified atom stereocenters. The number of halogens is 1. The fraction of sp³-hybridized carbons (Fsp3) is 0.333. The maximum absolute atomic E-state index is 13.6. The minimum absolute atomic E-state index is 0.0609. The van der Waals surface area contributed by atoms with Crippen molar-refractivity contribution >= 4 is 11.9 Å². The molecule has 35 heavy (non-hydrogen) atoms. The van der Waals surface area contributed by atoms with Crippen molar-refractivity contribution in [2.24, 2.45) is 5.16 Å². The van der Waals surface area contributed by atoms with Gasteiger partial charge in [0.1, 0.15) is 23.8 Å². The van der Waals surface area contributed by atoms with Crippen LogP contribution in [-0.2, 0) is 9.57 Å². The van der Waals surface area contributed by atoms with Gasteiger partial charge in [-0.15, -0.1) is 0 Å². The molecule has 1 spiro atoms. The summed E-state index contributed by atoms with van der Waals surface area (Å²) in [5.41, 5.74) is 3.53. The Balaban J connectivity index is 1.37. The van der Waals surface area contributed by atoms with Crippen molar-refractivity contribution in [3.8, 4) is 11.4 Å². The van der Waals surface area contributed by atoms with Crippen LogP contribution in [0.1, 0.15) is 42.1 Å². The smallest absolute Gasteiger partial charge is 0.211 e. The van der Waals surface area contributed by atoms with Crippen molar-refractivity contribution in [2.45, 2.75) is 37.8 Å². The number of aryl methyl sites for hydroxylation is 1. The number of ether oxygens (including phenoxy) is 2. The second-order valence-electron chi connectivity index (χ2n) is 9.41. The molecule has 1 aliphatic carbocycles. The van der Waals surface area contributed by atoms with E-state index in [0.717, 1.165) is 54.1 Å². The Labute approximate surface area is 203 Å². The van der Waals surface area contributed by atoms with Crippen molar-refractivity contribution in [3.63, 3.8) is 0 Å². The second kappa shape index (κ2) is 8.45. The molecule has 0 radical (unpaired) electrons. The van der Waals surface area contributed by atoms with Crippen LogP contribution in [0.3, 0.4) is 0 Å². The fourth-order valence-electron chi connectivity index (χ4n) is 5.04. The van der Waals surface area contributed by atoms with E-state index in [9.17, 15) is 4.39 Å². The molecule has 2 aromatic carbocycles. The largest absolute Gasteiger partial charge is 0.495 e. The van der Waals surface area contributed by atoms with Crippen molar-refractivity contribution in [3.05, 3.63) is 83.4 Å². The Bertz CT molecular complexity index is 1310. The molecule has 1 saturated heterocycles. The molecule has 0 bridgehead atoms. The summed E-state index contributed by atoms with van der Waals surface area (Å²) in [6.45, 7) is 3.10. The first-order chi connectivity index (χ1) is 17.0. The summed E-state index contributed by atoms with van der Waals surface area (Å²) < 4.78 is 27.8. The summed E-state index contributed by atoms with van der Waals surface area (Å²) in [4.78, 5) is 12.2. The van der Waals surface area contributed by atoms with Crippen LogP contribution in [-0.4, -0.2) is 46.1 Å². The van der Waals surface area contributed by atoms with Gasteiger partial charge >= 0.3 is 0 Å². The number of amidine groups is 1. The lowest BCUT2D eigenvalue weighted by Gasteiger charge is -2.52. The summed E-state index contributed by atoms with van der Waals surface area (Å²) in [5.74, 6) is 1.82. The van der Waals surface area contributed by atoms with Gasteiger partial charge in [0.05, 0.1) is 37.4 Å². The number of fused-ring (bicyclic) bond motifs is 1. The van der Waals surface area contributed by atoms with E-state index in [1.54, 1.807) is 13.4 Å². The second-order valence-corrected chi connectivity index (χ2v) is 9.41.